The smallest absolute Gasteiger partial charge is 0.213 e. The highest BCUT2D eigenvalue weighted by Gasteiger charge is 2.21. The Hall–Kier alpha value is -3.41. The van der Waals surface area contributed by atoms with Gasteiger partial charge in [0.05, 0.1) is 11.3 Å². The van der Waals surface area contributed by atoms with Gasteiger partial charge in [-0.15, -0.1) is 0 Å². The Kier molecular flexibility index (Phi) is 3.39. The number of rotatable bonds is 3. The molecule has 0 bridgehead atoms. The predicted molar refractivity (Wildman–Crippen MR) is 97.3 cm³/mol. The molecule has 0 radical (unpaired) electrons. The molecule has 6 nitrogen and oxygen atoms in total. The number of nitrogens with zero attached hydrogens (tertiary/aromatic N) is 3. The quantitative estimate of drug-likeness (QED) is 0.446. The topological polar surface area (TPSA) is 89.6 Å². The minimum atomic E-state index is -0.0903. The van der Waals surface area contributed by atoms with Crippen LogP contribution in [0.1, 0.15) is 21.7 Å². The van der Waals surface area contributed by atoms with Gasteiger partial charge < -0.3 is 10.7 Å². The van der Waals surface area contributed by atoms with Gasteiger partial charge in [-0.1, -0.05) is 12.1 Å². The van der Waals surface area contributed by atoms with Crippen molar-refractivity contribution in [2.45, 2.75) is 6.92 Å². The molecule has 0 spiro atoms. The second-order valence-corrected chi connectivity index (χ2v) is 6.03. The maximum Gasteiger partial charge on any atom is 0.213 e. The van der Waals surface area contributed by atoms with E-state index in [-0.39, 0.29) is 5.78 Å². The Morgan fingerprint density at radius 3 is 2.80 bits per heavy atom. The number of pyridine rings is 1. The summed E-state index contributed by atoms with van der Waals surface area (Å²) in [7, 11) is 1.77. The number of anilines is 1. The molecular formula is C19H17N5O. The van der Waals surface area contributed by atoms with Gasteiger partial charge in [-0.3, -0.25) is 9.48 Å². The number of ketones is 1. The van der Waals surface area contributed by atoms with Crippen LogP contribution < -0.4 is 5.73 Å². The summed E-state index contributed by atoms with van der Waals surface area (Å²) in [5, 5.41) is 5.06. The maximum atomic E-state index is 13.1. The number of benzene rings is 1. The summed E-state index contributed by atoms with van der Waals surface area (Å²) in [6, 6.07) is 11.3. The molecule has 0 saturated carbocycles. The SMILES string of the molecule is Cc1cc(C(=O)c2c[nH]c3nccc(-c4cccc(N)c4)c23)n(C)n1. The summed E-state index contributed by atoms with van der Waals surface area (Å²) >= 11 is 0. The Balaban J connectivity index is 1.94. The molecule has 0 aliphatic carbocycles. The lowest BCUT2D eigenvalue weighted by atomic mass is 9.98. The van der Waals surface area contributed by atoms with Crippen LogP contribution in [-0.4, -0.2) is 25.5 Å². The van der Waals surface area contributed by atoms with Gasteiger partial charge in [-0.2, -0.15) is 5.10 Å². The normalized spacial score (nSPS) is 11.1. The Bertz CT molecular complexity index is 1110. The summed E-state index contributed by atoms with van der Waals surface area (Å²) in [4.78, 5) is 20.5. The van der Waals surface area contributed by atoms with Crippen molar-refractivity contribution >= 4 is 22.5 Å². The molecule has 3 aromatic heterocycles. The number of fused-ring (bicyclic) bond motifs is 1. The molecule has 0 amide bonds. The molecule has 0 saturated heterocycles. The fraction of sp³-hybridized carbons (Fsp3) is 0.105. The van der Waals surface area contributed by atoms with E-state index in [4.69, 9.17) is 5.73 Å². The average Bonchev–Trinajstić information content (AvgIpc) is 3.17. The minimum absolute atomic E-state index is 0.0903. The van der Waals surface area contributed by atoms with Crippen molar-refractivity contribution in [3.05, 3.63) is 65.7 Å². The first-order chi connectivity index (χ1) is 12.0. The first kappa shape index (κ1) is 15.1. The van der Waals surface area contributed by atoms with E-state index in [9.17, 15) is 4.79 Å². The fourth-order valence-corrected chi connectivity index (χ4v) is 3.14. The third-order valence-corrected chi connectivity index (χ3v) is 4.25. The number of aromatic nitrogens is 4. The van der Waals surface area contributed by atoms with Gasteiger partial charge in [0.2, 0.25) is 5.78 Å². The lowest BCUT2D eigenvalue weighted by Crippen LogP contribution is -2.08. The first-order valence-corrected chi connectivity index (χ1v) is 7.92. The molecule has 0 unspecified atom stereocenters. The molecule has 6 heteroatoms. The highest BCUT2D eigenvalue weighted by Crippen LogP contribution is 2.32. The van der Waals surface area contributed by atoms with Crippen molar-refractivity contribution in [3.63, 3.8) is 0 Å². The largest absolute Gasteiger partial charge is 0.399 e. The number of aryl methyl sites for hydroxylation is 2. The third-order valence-electron chi connectivity index (χ3n) is 4.25. The number of carbonyl (C=O) groups excluding carboxylic acids is 1. The first-order valence-electron chi connectivity index (χ1n) is 7.92. The second-order valence-electron chi connectivity index (χ2n) is 6.03. The molecule has 1 aromatic carbocycles. The van der Waals surface area contributed by atoms with Crippen molar-refractivity contribution in [1.82, 2.24) is 19.7 Å². The predicted octanol–water partition coefficient (Wildman–Crippen LogP) is 3.09. The lowest BCUT2D eigenvalue weighted by Gasteiger charge is -2.07. The van der Waals surface area contributed by atoms with Crippen molar-refractivity contribution in [1.29, 1.82) is 0 Å². The lowest BCUT2D eigenvalue weighted by molar-refractivity contribution is 0.103. The fourth-order valence-electron chi connectivity index (χ4n) is 3.14. The van der Waals surface area contributed by atoms with E-state index in [2.05, 4.69) is 15.1 Å². The zero-order valence-corrected chi connectivity index (χ0v) is 13.9. The van der Waals surface area contributed by atoms with Gasteiger partial charge in [0.1, 0.15) is 11.3 Å². The van der Waals surface area contributed by atoms with Crippen LogP contribution in [0.15, 0.2) is 48.8 Å². The van der Waals surface area contributed by atoms with Gasteiger partial charge in [0.25, 0.3) is 0 Å². The molecule has 0 aliphatic rings. The van der Waals surface area contributed by atoms with Crippen molar-refractivity contribution in [2.24, 2.45) is 7.05 Å². The number of nitrogens with two attached hydrogens (primary N) is 1. The molecule has 4 aromatic rings. The Morgan fingerprint density at radius 1 is 1.24 bits per heavy atom. The van der Waals surface area contributed by atoms with Gasteiger partial charge in [-0.05, 0) is 42.3 Å². The Labute approximate surface area is 144 Å². The standard InChI is InChI=1S/C19H17N5O/c1-11-8-16(24(2)23-11)18(25)15-10-22-19-17(15)14(6-7-21-19)12-4-3-5-13(20)9-12/h3-10H,20H2,1-2H3,(H,21,22). The highest BCUT2D eigenvalue weighted by molar-refractivity contribution is 6.18. The van der Waals surface area contributed by atoms with E-state index in [1.54, 1.807) is 30.2 Å². The summed E-state index contributed by atoms with van der Waals surface area (Å²) in [5.74, 6) is -0.0903. The van der Waals surface area contributed by atoms with Crippen molar-refractivity contribution in [2.75, 3.05) is 5.73 Å². The molecule has 0 aliphatic heterocycles. The Morgan fingerprint density at radius 2 is 2.08 bits per heavy atom. The molecule has 3 heterocycles. The molecule has 124 valence electrons. The number of aromatic amines is 1. The summed E-state index contributed by atoms with van der Waals surface area (Å²) in [6.45, 7) is 1.87. The van der Waals surface area contributed by atoms with Gasteiger partial charge >= 0.3 is 0 Å². The molecule has 0 atom stereocenters. The monoisotopic (exact) mass is 331 g/mol. The second kappa shape index (κ2) is 5.59. The number of nitrogen functional groups attached to an aromatic ring is 1. The van der Waals surface area contributed by atoms with Crippen molar-refractivity contribution in [3.8, 4) is 11.1 Å². The molecule has 25 heavy (non-hydrogen) atoms. The van der Waals surface area contributed by atoms with Crippen LogP contribution in [0.2, 0.25) is 0 Å². The summed E-state index contributed by atoms with van der Waals surface area (Å²) in [5.41, 5.74) is 11.1. The van der Waals surface area contributed by atoms with Gasteiger partial charge in [0.15, 0.2) is 0 Å². The maximum absolute atomic E-state index is 13.1. The zero-order chi connectivity index (χ0) is 17.6. The van der Waals surface area contributed by atoms with E-state index < -0.39 is 0 Å². The van der Waals surface area contributed by atoms with Crippen LogP contribution in [0.25, 0.3) is 22.2 Å². The van der Waals surface area contributed by atoms with Crippen LogP contribution in [0.5, 0.6) is 0 Å². The van der Waals surface area contributed by atoms with Crippen LogP contribution in [0.4, 0.5) is 5.69 Å². The van der Waals surface area contributed by atoms with E-state index >= 15 is 0 Å². The number of nitrogens with one attached hydrogen (secondary N) is 1. The van der Waals surface area contributed by atoms with Crippen LogP contribution in [0, 0.1) is 6.92 Å². The highest BCUT2D eigenvalue weighted by atomic mass is 16.1. The van der Waals surface area contributed by atoms with Crippen molar-refractivity contribution < 1.29 is 4.79 Å². The van der Waals surface area contributed by atoms with Gasteiger partial charge in [-0.25, -0.2) is 4.98 Å². The van der Waals surface area contributed by atoms with E-state index in [1.165, 1.54) is 0 Å². The van der Waals surface area contributed by atoms with Crippen LogP contribution in [0.3, 0.4) is 0 Å². The van der Waals surface area contributed by atoms with E-state index in [0.29, 0.717) is 22.6 Å². The molecule has 4 rings (SSSR count). The summed E-state index contributed by atoms with van der Waals surface area (Å²) < 4.78 is 1.60. The number of hydrogen-bond acceptors (Lipinski definition) is 4. The molecule has 0 fully saturated rings. The average molecular weight is 331 g/mol. The van der Waals surface area contributed by atoms with E-state index in [0.717, 1.165) is 22.2 Å². The zero-order valence-electron chi connectivity index (χ0n) is 13.9. The molecular weight excluding hydrogens is 314 g/mol. The van der Waals surface area contributed by atoms with Gasteiger partial charge in [0, 0.05) is 30.5 Å². The third kappa shape index (κ3) is 2.48. The number of hydrogen-bond donors (Lipinski definition) is 2. The molecule has 3 N–H and O–H groups in total. The van der Waals surface area contributed by atoms with Crippen LogP contribution >= 0.6 is 0 Å². The number of H-pyrrole nitrogens is 1. The number of carbonyl (C=O) groups is 1. The van der Waals surface area contributed by atoms with E-state index in [1.807, 2.05) is 37.3 Å². The minimum Gasteiger partial charge on any atom is -0.399 e. The van der Waals surface area contributed by atoms with Crippen LogP contribution in [-0.2, 0) is 7.05 Å². The summed E-state index contributed by atoms with van der Waals surface area (Å²) in [6.07, 6.45) is 3.43.